The van der Waals surface area contributed by atoms with Crippen molar-refractivity contribution in [2.75, 3.05) is 18.2 Å². The van der Waals surface area contributed by atoms with Crippen molar-refractivity contribution < 1.29 is 9.47 Å². The standard InChI is InChI=1S/C19H22N2O4/c1-24-14-7-6-10(8-15(14)25-11-4-2-3-5-11)12-9-13(12)21-17-16(20)18(22)19(17)23/h6-8,11-13,21H,2-5,9,20H2,1H3. The average Bonchev–Trinajstić information content (AvgIpc) is 3.23. The number of nitrogens with two attached hydrogens (primary N) is 1. The average molecular weight is 342 g/mol. The Labute approximate surface area is 145 Å². The van der Waals surface area contributed by atoms with Crippen molar-refractivity contribution in [2.24, 2.45) is 0 Å². The molecule has 2 fully saturated rings. The molecule has 132 valence electrons. The summed E-state index contributed by atoms with van der Waals surface area (Å²) in [6.07, 6.45) is 5.76. The topological polar surface area (TPSA) is 90.6 Å². The largest absolute Gasteiger partial charge is 0.493 e. The lowest BCUT2D eigenvalue weighted by atomic mass is 10.1. The molecule has 0 radical (unpaired) electrons. The highest BCUT2D eigenvalue weighted by atomic mass is 16.5. The lowest BCUT2D eigenvalue weighted by Gasteiger charge is -2.17. The maximum absolute atomic E-state index is 11.5. The van der Waals surface area contributed by atoms with Crippen LogP contribution in [0.15, 0.2) is 27.8 Å². The van der Waals surface area contributed by atoms with Gasteiger partial charge in [0.25, 0.3) is 10.9 Å². The number of hydrogen-bond donors (Lipinski definition) is 2. The number of rotatable bonds is 6. The number of hydrogen-bond acceptors (Lipinski definition) is 6. The summed E-state index contributed by atoms with van der Waals surface area (Å²) < 4.78 is 11.6. The third-order valence-corrected chi connectivity index (χ3v) is 5.28. The molecular weight excluding hydrogens is 320 g/mol. The molecule has 2 aliphatic rings. The number of nitrogen functional groups attached to an aromatic ring is 1. The van der Waals surface area contributed by atoms with Crippen LogP contribution in [0.3, 0.4) is 0 Å². The van der Waals surface area contributed by atoms with E-state index >= 15 is 0 Å². The van der Waals surface area contributed by atoms with E-state index in [1.165, 1.54) is 12.8 Å². The van der Waals surface area contributed by atoms with Crippen molar-refractivity contribution in [3.63, 3.8) is 0 Å². The molecule has 0 aliphatic heterocycles. The van der Waals surface area contributed by atoms with Crippen LogP contribution in [0.25, 0.3) is 0 Å². The third kappa shape index (κ3) is 2.86. The van der Waals surface area contributed by atoms with E-state index in [0.29, 0.717) is 0 Å². The lowest BCUT2D eigenvalue weighted by Crippen LogP contribution is -2.37. The summed E-state index contributed by atoms with van der Waals surface area (Å²) in [6, 6.07) is 6.12. The zero-order valence-electron chi connectivity index (χ0n) is 14.2. The third-order valence-electron chi connectivity index (χ3n) is 5.28. The van der Waals surface area contributed by atoms with Crippen molar-refractivity contribution in [3.8, 4) is 11.5 Å². The summed E-state index contributed by atoms with van der Waals surface area (Å²) in [5.41, 5.74) is 5.95. The van der Waals surface area contributed by atoms with Crippen LogP contribution >= 0.6 is 0 Å². The molecule has 6 heteroatoms. The smallest absolute Gasteiger partial charge is 0.253 e. The number of ether oxygens (including phenoxy) is 2. The second-order valence-electron chi connectivity index (χ2n) is 6.97. The molecular formula is C19H22N2O4. The van der Waals surface area contributed by atoms with E-state index in [4.69, 9.17) is 15.2 Å². The predicted octanol–water partition coefficient (Wildman–Crippen LogP) is 2.16. The maximum atomic E-state index is 11.5. The molecule has 0 heterocycles. The van der Waals surface area contributed by atoms with Gasteiger partial charge in [0.2, 0.25) is 0 Å². The van der Waals surface area contributed by atoms with E-state index in [9.17, 15) is 9.59 Å². The minimum absolute atomic E-state index is 0.0515. The van der Waals surface area contributed by atoms with Gasteiger partial charge in [-0.2, -0.15) is 0 Å². The molecule has 2 aliphatic carbocycles. The van der Waals surface area contributed by atoms with Gasteiger partial charge in [-0.05, 0) is 49.8 Å². The van der Waals surface area contributed by atoms with E-state index in [2.05, 4.69) is 5.32 Å². The number of benzene rings is 1. The fourth-order valence-electron chi connectivity index (χ4n) is 3.66. The molecule has 6 nitrogen and oxygen atoms in total. The highest BCUT2D eigenvalue weighted by Crippen LogP contribution is 2.45. The summed E-state index contributed by atoms with van der Waals surface area (Å²) in [6.45, 7) is 0. The molecule has 0 saturated heterocycles. The van der Waals surface area contributed by atoms with Crippen LogP contribution in [0.1, 0.15) is 43.6 Å². The molecule has 0 aromatic heterocycles. The van der Waals surface area contributed by atoms with Gasteiger partial charge in [-0.3, -0.25) is 9.59 Å². The second-order valence-corrected chi connectivity index (χ2v) is 6.97. The van der Waals surface area contributed by atoms with Gasteiger partial charge < -0.3 is 20.5 Å². The molecule has 2 saturated carbocycles. The first-order valence-corrected chi connectivity index (χ1v) is 8.78. The Hall–Kier alpha value is -2.50. The Morgan fingerprint density at radius 2 is 1.88 bits per heavy atom. The fraction of sp³-hybridized carbons (Fsp3) is 0.474. The minimum atomic E-state index is -0.587. The Kier molecular flexibility index (Phi) is 3.90. The SMILES string of the molecule is COc1ccc(C2CC2Nc2c(N)c(=O)c2=O)cc1OC1CCCC1. The molecule has 2 aromatic carbocycles. The van der Waals surface area contributed by atoms with Crippen LogP contribution in [0, 0.1) is 0 Å². The normalized spacial score (nSPS) is 22.9. The van der Waals surface area contributed by atoms with Crippen molar-refractivity contribution >= 4 is 11.4 Å². The maximum Gasteiger partial charge on any atom is 0.253 e. The van der Waals surface area contributed by atoms with Crippen molar-refractivity contribution in [3.05, 3.63) is 44.2 Å². The van der Waals surface area contributed by atoms with Crippen LogP contribution in [0.2, 0.25) is 0 Å². The van der Waals surface area contributed by atoms with Crippen LogP contribution < -0.4 is 31.4 Å². The molecule has 3 N–H and O–H groups in total. The van der Waals surface area contributed by atoms with E-state index < -0.39 is 10.9 Å². The summed E-state index contributed by atoms with van der Waals surface area (Å²) in [5.74, 6) is 1.80. The zero-order chi connectivity index (χ0) is 17.6. The molecule has 4 rings (SSSR count). The monoisotopic (exact) mass is 342 g/mol. The summed E-state index contributed by atoms with van der Waals surface area (Å²) >= 11 is 0. The molecule has 2 atom stereocenters. The highest BCUT2D eigenvalue weighted by molar-refractivity contribution is 5.72. The Balaban J connectivity index is 1.48. The zero-order valence-corrected chi connectivity index (χ0v) is 14.2. The van der Waals surface area contributed by atoms with Gasteiger partial charge >= 0.3 is 0 Å². The van der Waals surface area contributed by atoms with Gasteiger partial charge in [-0.25, -0.2) is 0 Å². The first kappa shape index (κ1) is 16.0. The second kappa shape index (κ2) is 6.10. The number of methoxy groups -OCH3 is 1. The predicted molar refractivity (Wildman–Crippen MR) is 96.4 cm³/mol. The first-order chi connectivity index (χ1) is 12.1. The molecule has 0 spiro atoms. The van der Waals surface area contributed by atoms with Gasteiger partial charge in [0, 0.05) is 12.0 Å². The summed E-state index contributed by atoms with van der Waals surface area (Å²) in [5, 5.41) is 3.10. The van der Waals surface area contributed by atoms with E-state index in [0.717, 1.165) is 36.3 Å². The van der Waals surface area contributed by atoms with E-state index in [1.54, 1.807) is 7.11 Å². The summed E-state index contributed by atoms with van der Waals surface area (Å²) in [7, 11) is 1.65. The Morgan fingerprint density at radius 1 is 1.12 bits per heavy atom. The van der Waals surface area contributed by atoms with E-state index in [-0.39, 0.29) is 29.4 Å². The van der Waals surface area contributed by atoms with Gasteiger partial charge in [-0.15, -0.1) is 0 Å². The Morgan fingerprint density at radius 3 is 2.56 bits per heavy atom. The molecule has 0 amide bonds. The van der Waals surface area contributed by atoms with Gasteiger partial charge in [-0.1, -0.05) is 6.07 Å². The molecule has 0 bridgehead atoms. The van der Waals surface area contributed by atoms with Gasteiger partial charge in [0.15, 0.2) is 11.5 Å². The van der Waals surface area contributed by atoms with Crippen molar-refractivity contribution in [2.45, 2.75) is 50.2 Å². The lowest BCUT2D eigenvalue weighted by molar-refractivity contribution is 0.200. The summed E-state index contributed by atoms with van der Waals surface area (Å²) in [4.78, 5) is 22.7. The van der Waals surface area contributed by atoms with Crippen LogP contribution in [0.4, 0.5) is 11.4 Å². The molecule has 2 aromatic rings. The first-order valence-electron chi connectivity index (χ1n) is 8.78. The molecule has 25 heavy (non-hydrogen) atoms. The van der Waals surface area contributed by atoms with Crippen LogP contribution in [-0.4, -0.2) is 19.3 Å². The number of anilines is 2. The highest BCUT2D eigenvalue weighted by Gasteiger charge is 2.40. The van der Waals surface area contributed by atoms with Crippen LogP contribution in [-0.2, 0) is 0 Å². The van der Waals surface area contributed by atoms with Crippen molar-refractivity contribution in [1.82, 2.24) is 0 Å². The Bertz CT molecular complexity index is 863. The van der Waals surface area contributed by atoms with Crippen molar-refractivity contribution in [1.29, 1.82) is 0 Å². The van der Waals surface area contributed by atoms with Gasteiger partial charge in [0.05, 0.1) is 13.2 Å². The van der Waals surface area contributed by atoms with Gasteiger partial charge in [0.1, 0.15) is 11.4 Å². The molecule has 2 unspecified atom stereocenters. The number of nitrogens with one attached hydrogen (secondary N) is 1. The quantitative estimate of drug-likeness (QED) is 0.782. The minimum Gasteiger partial charge on any atom is -0.493 e. The van der Waals surface area contributed by atoms with E-state index in [1.807, 2.05) is 18.2 Å². The fourth-order valence-corrected chi connectivity index (χ4v) is 3.66. The van der Waals surface area contributed by atoms with Crippen LogP contribution in [0.5, 0.6) is 11.5 Å².